The summed E-state index contributed by atoms with van der Waals surface area (Å²) in [6.45, 7) is 10.6. The van der Waals surface area contributed by atoms with E-state index in [2.05, 4.69) is 60.0 Å². The van der Waals surface area contributed by atoms with Crippen molar-refractivity contribution in [2.75, 3.05) is 13.2 Å². The summed E-state index contributed by atoms with van der Waals surface area (Å²) < 4.78 is 16.7. The highest BCUT2D eigenvalue weighted by atomic mass is 31.1. The van der Waals surface area contributed by atoms with E-state index in [1.807, 2.05) is 6.92 Å². The fraction of sp³-hybridized carbons (Fsp3) is 0.583. The fourth-order valence-corrected chi connectivity index (χ4v) is 4.49. The van der Waals surface area contributed by atoms with Gasteiger partial charge in [-0.2, -0.15) is 5.10 Å². The van der Waals surface area contributed by atoms with Gasteiger partial charge in [0.2, 0.25) is 5.91 Å². The van der Waals surface area contributed by atoms with Gasteiger partial charge in [0.15, 0.2) is 0 Å². The Kier molecular flexibility index (Phi) is 8.34. The lowest BCUT2D eigenvalue weighted by atomic mass is 9.69. The summed E-state index contributed by atoms with van der Waals surface area (Å²) in [5, 5.41) is 7.89. The Bertz CT molecular complexity index is 953. The van der Waals surface area contributed by atoms with Gasteiger partial charge < -0.3 is 5.32 Å². The number of nitrogens with zero attached hydrogens (tertiary/aromatic N) is 2. The lowest BCUT2D eigenvalue weighted by Crippen LogP contribution is -2.32. The Morgan fingerprint density at radius 2 is 2.00 bits per heavy atom. The smallest absolute Gasteiger partial charge is 0.313 e. The molecule has 1 aliphatic carbocycles. The van der Waals surface area contributed by atoms with Gasteiger partial charge in [0.1, 0.15) is 6.61 Å². The van der Waals surface area contributed by atoms with E-state index in [-0.39, 0.29) is 17.9 Å². The average Bonchev–Trinajstić information content (AvgIpc) is 3.04. The van der Waals surface area contributed by atoms with Gasteiger partial charge in [0.05, 0.1) is 11.4 Å². The number of nitrogens with one attached hydrogen (secondary N) is 1. The Hall–Kier alpha value is -1.92. The monoisotopic (exact) mass is 460 g/mol. The van der Waals surface area contributed by atoms with Crippen molar-refractivity contribution >= 4 is 14.2 Å². The first-order valence-corrected chi connectivity index (χ1v) is 12.5. The number of rotatable bonds is 10. The number of aryl methyl sites for hydroxylation is 2. The molecule has 3 rings (SSSR count). The highest BCUT2D eigenvalue weighted by molar-refractivity contribution is 7.32. The van der Waals surface area contributed by atoms with E-state index in [0.29, 0.717) is 31.7 Å². The number of carbonyl (C=O) groups is 1. The van der Waals surface area contributed by atoms with Crippen molar-refractivity contribution in [1.82, 2.24) is 15.1 Å². The Balaban J connectivity index is 1.49. The van der Waals surface area contributed by atoms with Gasteiger partial charge in [-0.15, -0.1) is 9.42 Å². The zero-order chi connectivity index (χ0) is 23.3. The van der Waals surface area contributed by atoms with E-state index in [1.165, 1.54) is 5.56 Å². The van der Waals surface area contributed by atoms with E-state index < -0.39 is 8.25 Å². The molecule has 0 aliphatic heterocycles. The molecule has 0 radical (unpaired) electrons. The molecule has 1 heterocycles. The second-order valence-corrected chi connectivity index (χ2v) is 10.2. The number of aromatic nitrogens is 2. The molecule has 1 aromatic heterocycles. The minimum Gasteiger partial charge on any atom is -0.313 e. The van der Waals surface area contributed by atoms with Gasteiger partial charge in [0, 0.05) is 17.5 Å². The molecule has 1 aliphatic rings. The molecule has 2 atom stereocenters. The third kappa shape index (κ3) is 6.32. The highest BCUT2D eigenvalue weighted by Gasteiger charge is 2.36. The summed E-state index contributed by atoms with van der Waals surface area (Å²) in [5.41, 5.74) is 5.88. The van der Waals surface area contributed by atoms with Crippen LogP contribution in [0.25, 0.3) is 0 Å². The Morgan fingerprint density at radius 3 is 2.69 bits per heavy atom. The molecule has 8 heteroatoms. The average molecular weight is 461 g/mol. The molecule has 0 bridgehead atoms. The van der Waals surface area contributed by atoms with Crippen molar-refractivity contribution in [3.63, 3.8) is 0 Å². The zero-order valence-electron chi connectivity index (χ0n) is 19.6. The maximum atomic E-state index is 13.0. The van der Waals surface area contributed by atoms with Gasteiger partial charge in [-0.25, -0.2) is 4.68 Å². The van der Waals surface area contributed by atoms with E-state index in [0.717, 1.165) is 41.9 Å². The topological polar surface area (TPSA) is 93.5 Å². The zero-order valence-corrected chi connectivity index (χ0v) is 20.5. The van der Waals surface area contributed by atoms with Crippen molar-refractivity contribution in [2.45, 2.75) is 66.3 Å². The summed E-state index contributed by atoms with van der Waals surface area (Å²) in [6.07, 6.45) is 3.69. The van der Waals surface area contributed by atoms with Gasteiger partial charge in [-0.3, -0.25) is 4.79 Å². The second kappa shape index (κ2) is 10.8. The molecule has 0 amide bonds. The van der Waals surface area contributed by atoms with Crippen molar-refractivity contribution in [1.29, 1.82) is 0 Å². The Labute approximate surface area is 191 Å². The van der Waals surface area contributed by atoms with E-state index in [9.17, 15) is 9.36 Å². The number of carbonyl (C=O) groups excluding carboxylic acids is 1. The molecule has 32 heavy (non-hydrogen) atoms. The molecular formula is C24H35N3O4P+. The van der Waals surface area contributed by atoms with Crippen LogP contribution in [0.2, 0.25) is 0 Å². The molecule has 0 fully saturated rings. The SMILES string of the molecule is Cc1nn(C(=O)CCc2ccc(CNCCCO[P+](=O)O)cc2)c2c1CC(C)(C)[C@H](C)C2. The van der Waals surface area contributed by atoms with Crippen molar-refractivity contribution in [2.24, 2.45) is 11.3 Å². The normalized spacial score (nSPS) is 17.8. The van der Waals surface area contributed by atoms with Gasteiger partial charge in [-0.1, -0.05) is 45.0 Å². The lowest BCUT2D eigenvalue weighted by molar-refractivity contribution is 0.0877. The Morgan fingerprint density at radius 1 is 1.31 bits per heavy atom. The number of fused-ring (bicyclic) bond motifs is 1. The summed E-state index contributed by atoms with van der Waals surface area (Å²) in [4.78, 5) is 21.5. The van der Waals surface area contributed by atoms with E-state index in [1.54, 1.807) is 4.68 Å². The van der Waals surface area contributed by atoms with Crippen LogP contribution in [0.15, 0.2) is 24.3 Å². The molecule has 0 saturated carbocycles. The minimum absolute atomic E-state index is 0.0684. The standard InChI is InChI=1S/C24H34N3O4P/c1-17-14-22-21(15-24(17,3)4)18(2)26-27(22)23(28)11-10-19-6-8-20(9-7-19)16-25-12-5-13-31-32(29)30/h6-9,17,25H,5,10-16H2,1-4H3/p+1/t17-/m1/s1. The summed E-state index contributed by atoms with van der Waals surface area (Å²) in [6, 6.07) is 8.27. The molecule has 1 aromatic carbocycles. The van der Waals surface area contributed by atoms with Crippen LogP contribution in [0, 0.1) is 18.3 Å². The van der Waals surface area contributed by atoms with Crippen LogP contribution in [0.5, 0.6) is 0 Å². The van der Waals surface area contributed by atoms with Crippen molar-refractivity contribution < 1.29 is 18.8 Å². The first-order valence-electron chi connectivity index (χ1n) is 11.4. The van der Waals surface area contributed by atoms with Gasteiger partial charge in [0.25, 0.3) is 0 Å². The summed E-state index contributed by atoms with van der Waals surface area (Å²) >= 11 is 0. The number of hydrogen-bond acceptors (Lipinski definition) is 5. The number of hydrogen-bond donors (Lipinski definition) is 2. The maximum Gasteiger partial charge on any atom is 0.694 e. The fourth-order valence-electron chi connectivity index (χ4n) is 4.20. The quantitative estimate of drug-likeness (QED) is 0.404. The third-order valence-corrected chi connectivity index (χ3v) is 7.08. The molecule has 0 spiro atoms. The minimum atomic E-state index is -2.51. The molecule has 174 valence electrons. The predicted molar refractivity (Wildman–Crippen MR) is 125 cm³/mol. The molecule has 7 nitrogen and oxygen atoms in total. The first-order chi connectivity index (χ1) is 15.2. The van der Waals surface area contributed by atoms with Gasteiger partial charge >= 0.3 is 8.25 Å². The first kappa shape index (κ1) is 24.7. The van der Waals surface area contributed by atoms with E-state index >= 15 is 0 Å². The lowest BCUT2D eigenvalue weighted by Gasteiger charge is -2.36. The van der Waals surface area contributed by atoms with Crippen LogP contribution in [0.3, 0.4) is 0 Å². The molecule has 2 N–H and O–H groups in total. The number of benzene rings is 1. The van der Waals surface area contributed by atoms with Crippen LogP contribution < -0.4 is 5.32 Å². The largest absolute Gasteiger partial charge is 0.694 e. The molecule has 1 unspecified atom stereocenters. The predicted octanol–water partition coefficient (Wildman–Crippen LogP) is 4.37. The molecule has 0 saturated heterocycles. The third-order valence-electron chi connectivity index (χ3n) is 6.67. The van der Waals surface area contributed by atoms with Crippen molar-refractivity contribution in [3.05, 3.63) is 52.3 Å². The second-order valence-electron chi connectivity index (χ2n) is 9.50. The summed E-state index contributed by atoms with van der Waals surface area (Å²) in [7, 11) is -2.51. The van der Waals surface area contributed by atoms with Crippen molar-refractivity contribution in [3.8, 4) is 0 Å². The highest BCUT2D eigenvalue weighted by Crippen LogP contribution is 2.40. The van der Waals surface area contributed by atoms with E-state index in [4.69, 9.17) is 4.89 Å². The van der Waals surface area contributed by atoms with Crippen LogP contribution in [0.4, 0.5) is 0 Å². The van der Waals surface area contributed by atoms with Crippen LogP contribution in [0.1, 0.15) is 66.5 Å². The molecular weight excluding hydrogens is 425 g/mol. The molecule has 2 aromatic rings. The summed E-state index contributed by atoms with van der Waals surface area (Å²) in [5.74, 6) is 0.587. The van der Waals surface area contributed by atoms with Crippen LogP contribution in [-0.4, -0.2) is 33.7 Å². The van der Waals surface area contributed by atoms with Crippen LogP contribution in [-0.2, 0) is 34.9 Å². The van der Waals surface area contributed by atoms with Gasteiger partial charge in [-0.05, 0) is 67.2 Å². The van der Waals surface area contributed by atoms with Crippen LogP contribution >= 0.6 is 8.25 Å². The maximum absolute atomic E-state index is 13.0.